The van der Waals surface area contributed by atoms with Crippen LogP contribution in [0.2, 0.25) is 0 Å². The quantitative estimate of drug-likeness (QED) is 0.658. The molecule has 1 N–H and O–H groups in total. The summed E-state index contributed by atoms with van der Waals surface area (Å²) >= 11 is 0. The largest absolute Gasteiger partial charge is 0.491 e. The molecule has 2 aromatic carbocycles. The number of ketones is 1. The minimum Gasteiger partial charge on any atom is -0.491 e. The third-order valence-corrected chi connectivity index (χ3v) is 3.67. The van der Waals surface area contributed by atoms with Gasteiger partial charge in [0.25, 0.3) is 5.91 Å². The second-order valence-electron chi connectivity index (χ2n) is 5.97. The second-order valence-corrected chi connectivity index (χ2v) is 5.97. The van der Waals surface area contributed by atoms with E-state index in [-0.39, 0.29) is 17.2 Å². The summed E-state index contributed by atoms with van der Waals surface area (Å²) in [7, 11) is 0. The number of alkyl halides is 3. The van der Waals surface area contributed by atoms with Crippen molar-refractivity contribution < 1.29 is 32.2 Å². The van der Waals surface area contributed by atoms with Gasteiger partial charge in [-0.2, -0.15) is 13.2 Å². The van der Waals surface area contributed by atoms with E-state index in [1.165, 1.54) is 25.1 Å². The molecular formula is C20H20F3NO4. The first-order valence-corrected chi connectivity index (χ1v) is 8.58. The SMILES string of the molecule is CCCOc1ccc(C(F)(F)F)cc1NC(=O)COc1ccc(C(C)=O)cc1. The maximum absolute atomic E-state index is 12.9. The van der Waals surface area contributed by atoms with Crippen molar-refractivity contribution in [3.05, 3.63) is 53.6 Å². The fourth-order valence-corrected chi connectivity index (χ4v) is 2.26. The Kier molecular flexibility index (Phi) is 7.03. The van der Waals surface area contributed by atoms with E-state index in [9.17, 15) is 22.8 Å². The number of benzene rings is 2. The van der Waals surface area contributed by atoms with Gasteiger partial charge < -0.3 is 14.8 Å². The smallest absolute Gasteiger partial charge is 0.416 e. The van der Waals surface area contributed by atoms with E-state index in [1.807, 2.05) is 6.92 Å². The maximum Gasteiger partial charge on any atom is 0.416 e. The molecule has 2 rings (SSSR count). The van der Waals surface area contributed by atoms with Crippen LogP contribution in [0.4, 0.5) is 18.9 Å². The molecule has 0 fully saturated rings. The van der Waals surface area contributed by atoms with E-state index in [0.717, 1.165) is 12.1 Å². The van der Waals surface area contributed by atoms with Gasteiger partial charge in [-0.25, -0.2) is 0 Å². The molecule has 0 aliphatic heterocycles. The number of nitrogens with one attached hydrogen (secondary N) is 1. The summed E-state index contributed by atoms with van der Waals surface area (Å²) in [5, 5.41) is 2.39. The summed E-state index contributed by atoms with van der Waals surface area (Å²) in [4.78, 5) is 23.4. The molecule has 0 aliphatic rings. The highest BCUT2D eigenvalue weighted by molar-refractivity contribution is 5.94. The molecule has 0 heterocycles. The predicted octanol–water partition coefficient (Wildman–Crippen LogP) is 4.71. The lowest BCUT2D eigenvalue weighted by molar-refractivity contribution is -0.137. The lowest BCUT2D eigenvalue weighted by Crippen LogP contribution is -2.21. The summed E-state index contributed by atoms with van der Waals surface area (Å²) in [5.41, 5.74) is -0.477. The van der Waals surface area contributed by atoms with Gasteiger partial charge in [0, 0.05) is 5.56 Å². The third-order valence-electron chi connectivity index (χ3n) is 3.67. The zero-order chi connectivity index (χ0) is 20.7. The lowest BCUT2D eigenvalue weighted by atomic mass is 10.1. The summed E-state index contributed by atoms with van der Waals surface area (Å²) in [6.45, 7) is 3.17. The van der Waals surface area contributed by atoms with Gasteiger partial charge in [0.2, 0.25) is 0 Å². The van der Waals surface area contributed by atoms with Crippen LogP contribution in [0.5, 0.6) is 11.5 Å². The number of carbonyl (C=O) groups is 2. The third kappa shape index (κ3) is 6.00. The van der Waals surface area contributed by atoms with Gasteiger partial charge in [0.15, 0.2) is 12.4 Å². The number of amides is 1. The van der Waals surface area contributed by atoms with E-state index < -0.39 is 24.3 Å². The number of hydrogen-bond acceptors (Lipinski definition) is 4. The Balaban J connectivity index is 2.07. The number of carbonyl (C=O) groups excluding carboxylic acids is 2. The normalized spacial score (nSPS) is 11.0. The van der Waals surface area contributed by atoms with Gasteiger partial charge >= 0.3 is 6.18 Å². The molecule has 0 saturated carbocycles. The Morgan fingerprint density at radius 3 is 2.29 bits per heavy atom. The van der Waals surface area contributed by atoms with Crippen LogP contribution in [0.15, 0.2) is 42.5 Å². The number of hydrogen-bond donors (Lipinski definition) is 1. The highest BCUT2D eigenvalue weighted by Gasteiger charge is 2.31. The number of halogens is 3. The van der Waals surface area contributed by atoms with Crippen molar-refractivity contribution >= 4 is 17.4 Å². The molecule has 0 aliphatic carbocycles. The Morgan fingerprint density at radius 1 is 1.04 bits per heavy atom. The van der Waals surface area contributed by atoms with Crippen molar-refractivity contribution in [1.82, 2.24) is 0 Å². The number of rotatable bonds is 8. The average molecular weight is 395 g/mol. The van der Waals surface area contributed by atoms with Crippen molar-refractivity contribution in [3.63, 3.8) is 0 Å². The molecule has 5 nitrogen and oxygen atoms in total. The topological polar surface area (TPSA) is 64.6 Å². The van der Waals surface area contributed by atoms with Crippen molar-refractivity contribution in [3.8, 4) is 11.5 Å². The Morgan fingerprint density at radius 2 is 1.71 bits per heavy atom. The van der Waals surface area contributed by atoms with Crippen LogP contribution in [-0.4, -0.2) is 24.9 Å². The van der Waals surface area contributed by atoms with E-state index in [0.29, 0.717) is 24.3 Å². The molecule has 0 saturated heterocycles. The second kappa shape index (κ2) is 9.25. The van der Waals surface area contributed by atoms with Crippen molar-refractivity contribution in [2.75, 3.05) is 18.5 Å². The van der Waals surface area contributed by atoms with Crippen LogP contribution < -0.4 is 14.8 Å². The highest BCUT2D eigenvalue weighted by Crippen LogP contribution is 2.35. The van der Waals surface area contributed by atoms with Gasteiger partial charge in [-0.3, -0.25) is 9.59 Å². The molecule has 1 amide bonds. The maximum atomic E-state index is 12.9. The van der Waals surface area contributed by atoms with Crippen molar-refractivity contribution in [1.29, 1.82) is 0 Å². The molecule has 28 heavy (non-hydrogen) atoms. The molecule has 150 valence electrons. The van der Waals surface area contributed by atoms with E-state index in [1.54, 1.807) is 12.1 Å². The summed E-state index contributed by atoms with van der Waals surface area (Å²) < 4.78 is 49.5. The summed E-state index contributed by atoms with van der Waals surface area (Å²) in [5.74, 6) is -0.245. The van der Waals surface area contributed by atoms with Crippen LogP contribution in [0.25, 0.3) is 0 Å². The fraction of sp³-hybridized carbons (Fsp3) is 0.300. The monoisotopic (exact) mass is 395 g/mol. The minimum atomic E-state index is -4.54. The number of Topliss-reactive ketones (excluding diaryl/α,β-unsaturated/α-hetero) is 1. The predicted molar refractivity (Wildman–Crippen MR) is 97.8 cm³/mol. The van der Waals surface area contributed by atoms with Crippen LogP contribution in [-0.2, 0) is 11.0 Å². The first kappa shape index (κ1) is 21.3. The molecule has 0 bridgehead atoms. The van der Waals surface area contributed by atoms with Crippen molar-refractivity contribution in [2.45, 2.75) is 26.4 Å². The van der Waals surface area contributed by atoms with Crippen LogP contribution >= 0.6 is 0 Å². The lowest BCUT2D eigenvalue weighted by Gasteiger charge is -2.15. The Bertz CT molecular complexity index is 832. The average Bonchev–Trinajstić information content (AvgIpc) is 2.65. The van der Waals surface area contributed by atoms with Crippen LogP contribution in [0.1, 0.15) is 36.2 Å². The molecule has 0 unspecified atom stereocenters. The first-order valence-electron chi connectivity index (χ1n) is 8.58. The Hall–Kier alpha value is -3.03. The van der Waals surface area contributed by atoms with E-state index >= 15 is 0 Å². The number of ether oxygens (including phenoxy) is 2. The molecule has 8 heteroatoms. The molecule has 0 spiro atoms. The van der Waals surface area contributed by atoms with Crippen LogP contribution in [0, 0.1) is 0 Å². The number of anilines is 1. The standard InChI is InChI=1S/C20H20F3NO4/c1-3-10-27-18-9-6-15(20(21,22)23)11-17(18)24-19(26)12-28-16-7-4-14(5-8-16)13(2)25/h4-9,11H,3,10,12H2,1-2H3,(H,24,26). The van der Waals surface area contributed by atoms with Gasteiger partial charge in [0.05, 0.1) is 17.9 Å². The molecule has 0 aromatic heterocycles. The van der Waals surface area contributed by atoms with Gasteiger partial charge in [-0.1, -0.05) is 6.92 Å². The molecular weight excluding hydrogens is 375 g/mol. The van der Waals surface area contributed by atoms with Gasteiger partial charge in [-0.05, 0) is 55.8 Å². The fourth-order valence-electron chi connectivity index (χ4n) is 2.26. The van der Waals surface area contributed by atoms with Crippen molar-refractivity contribution in [2.24, 2.45) is 0 Å². The minimum absolute atomic E-state index is 0.0798. The zero-order valence-electron chi connectivity index (χ0n) is 15.4. The Labute approximate surface area is 160 Å². The highest BCUT2D eigenvalue weighted by atomic mass is 19.4. The van der Waals surface area contributed by atoms with Crippen LogP contribution in [0.3, 0.4) is 0 Å². The molecule has 2 aromatic rings. The molecule has 0 atom stereocenters. The molecule has 0 radical (unpaired) electrons. The van der Waals surface area contributed by atoms with Gasteiger partial charge in [0.1, 0.15) is 11.5 Å². The van der Waals surface area contributed by atoms with E-state index in [4.69, 9.17) is 9.47 Å². The van der Waals surface area contributed by atoms with E-state index in [2.05, 4.69) is 5.32 Å². The van der Waals surface area contributed by atoms with Gasteiger partial charge in [-0.15, -0.1) is 0 Å². The first-order chi connectivity index (χ1) is 13.2. The summed E-state index contributed by atoms with van der Waals surface area (Å²) in [6.07, 6.45) is -3.88. The zero-order valence-corrected chi connectivity index (χ0v) is 15.4. The summed E-state index contributed by atoms with van der Waals surface area (Å²) in [6, 6.07) is 9.07.